The summed E-state index contributed by atoms with van der Waals surface area (Å²) in [5, 5.41) is 2.36. The minimum absolute atomic E-state index is 0.0966. The highest BCUT2D eigenvalue weighted by atomic mass is 19.4. The van der Waals surface area contributed by atoms with Gasteiger partial charge in [0.05, 0.1) is 16.6 Å². The van der Waals surface area contributed by atoms with Gasteiger partial charge in [0.2, 0.25) is 0 Å². The maximum Gasteiger partial charge on any atom is 0.417 e. The zero-order valence-corrected chi connectivity index (χ0v) is 11.8. The Kier molecular flexibility index (Phi) is 3.73. The number of carbonyl (C=O) groups is 1. The smallest absolute Gasteiger partial charge is 0.322 e. The lowest BCUT2D eigenvalue weighted by Crippen LogP contribution is -2.19. The van der Waals surface area contributed by atoms with Crippen molar-refractivity contribution < 1.29 is 18.0 Å². The van der Waals surface area contributed by atoms with Crippen LogP contribution in [0.5, 0.6) is 0 Å². The van der Waals surface area contributed by atoms with E-state index in [1.807, 2.05) is 0 Å². The predicted molar refractivity (Wildman–Crippen MR) is 81.1 cm³/mol. The number of halogens is 3. The minimum Gasteiger partial charge on any atom is -0.322 e. The highest BCUT2D eigenvalue weighted by Crippen LogP contribution is 2.36. The summed E-state index contributed by atoms with van der Waals surface area (Å²) in [5.41, 5.74) is -0.869. The topological polar surface area (TPSA) is 42.0 Å². The fourth-order valence-corrected chi connectivity index (χ4v) is 2.34. The second-order valence-electron chi connectivity index (χ2n) is 4.88. The number of benzene rings is 2. The van der Waals surface area contributed by atoms with Crippen molar-refractivity contribution in [2.24, 2.45) is 0 Å². The Bertz CT molecular complexity index is 861. The van der Waals surface area contributed by atoms with Gasteiger partial charge in [-0.15, -0.1) is 0 Å². The average Bonchev–Trinajstić information content (AvgIpc) is 2.53. The standard InChI is InChI=1S/C17H11F3N2O/c18-17(19,20)15-12-8-4-5-9-14(12)21-10-13(15)16(23)22-11-6-2-1-3-7-11/h1-10H,(H,22,23). The third kappa shape index (κ3) is 3.01. The molecule has 0 atom stereocenters. The van der Waals surface area contributed by atoms with Crippen molar-refractivity contribution >= 4 is 22.5 Å². The normalized spacial score (nSPS) is 11.4. The maximum atomic E-state index is 13.5. The van der Waals surface area contributed by atoms with E-state index in [0.29, 0.717) is 5.69 Å². The molecule has 3 nitrogen and oxygen atoms in total. The summed E-state index contributed by atoms with van der Waals surface area (Å²) < 4.78 is 40.4. The molecule has 2 aromatic carbocycles. The molecule has 0 saturated carbocycles. The van der Waals surface area contributed by atoms with E-state index >= 15 is 0 Å². The first-order valence-corrected chi connectivity index (χ1v) is 6.78. The molecule has 3 rings (SSSR count). The molecule has 116 valence electrons. The Morgan fingerprint density at radius 3 is 2.30 bits per heavy atom. The van der Waals surface area contributed by atoms with Crippen molar-refractivity contribution in [1.82, 2.24) is 4.98 Å². The Morgan fingerprint density at radius 2 is 1.61 bits per heavy atom. The number of anilines is 1. The van der Waals surface area contributed by atoms with Crippen LogP contribution >= 0.6 is 0 Å². The number of nitrogens with one attached hydrogen (secondary N) is 1. The Morgan fingerprint density at radius 1 is 0.957 bits per heavy atom. The molecule has 1 N–H and O–H groups in total. The Labute approximate surface area is 129 Å². The van der Waals surface area contributed by atoms with Crippen LogP contribution in [-0.4, -0.2) is 10.9 Å². The van der Waals surface area contributed by atoms with E-state index in [4.69, 9.17) is 0 Å². The van der Waals surface area contributed by atoms with Crippen molar-refractivity contribution in [3.05, 3.63) is 71.9 Å². The number of alkyl halides is 3. The second-order valence-corrected chi connectivity index (χ2v) is 4.88. The van der Waals surface area contributed by atoms with Crippen molar-refractivity contribution in [2.75, 3.05) is 5.32 Å². The van der Waals surface area contributed by atoms with Crippen LogP contribution in [-0.2, 0) is 6.18 Å². The number of pyridine rings is 1. The number of carbonyl (C=O) groups excluding carboxylic acids is 1. The molecule has 0 bridgehead atoms. The summed E-state index contributed by atoms with van der Waals surface area (Å²) in [5.74, 6) is -0.846. The van der Waals surface area contributed by atoms with Gasteiger partial charge in [-0.1, -0.05) is 36.4 Å². The minimum atomic E-state index is -4.66. The maximum absolute atomic E-state index is 13.5. The number of fused-ring (bicyclic) bond motifs is 1. The van der Waals surface area contributed by atoms with Crippen LogP contribution in [0.1, 0.15) is 15.9 Å². The van der Waals surface area contributed by atoms with Gasteiger partial charge in [-0.25, -0.2) is 0 Å². The molecule has 0 spiro atoms. The van der Waals surface area contributed by atoms with Crippen LogP contribution in [0.3, 0.4) is 0 Å². The number of rotatable bonds is 2. The van der Waals surface area contributed by atoms with E-state index in [0.717, 1.165) is 6.20 Å². The molecule has 0 unspecified atom stereocenters. The van der Waals surface area contributed by atoms with E-state index in [9.17, 15) is 18.0 Å². The van der Waals surface area contributed by atoms with Crippen LogP contribution in [0.15, 0.2) is 60.8 Å². The molecule has 3 aromatic rings. The molecule has 23 heavy (non-hydrogen) atoms. The molecule has 0 saturated heterocycles. The van der Waals surface area contributed by atoms with Gasteiger partial charge in [0.25, 0.3) is 5.91 Å². The lowest BCUT2D eigenvalue weighted by Gasteiger charge is -2.15. The number of hydrogen-bond acceptors (Lipinski definition) is 2. The molecule has 0 aliphatic heterocycles. The van der Waals surface area contributed by atoms with Gasteiger partial charge in [0.15, 0.2) is 0 Å². The molecule has 0 aliphatic carbocycles. The third-order valence-corrected chi connectivity index (χ3v) is 3.34. The molecule has 0 radical (unpaired) electrons. The summed E-state index contributed by atoms with van der Waals surface area (Å²) in [7, 11) is 0. The fourth-order valence-electron chi connectivity index (χ4n) is 2.34. The number of aromatic nitrogens is 1. The Hall–Kier alpha value is -2.89. The van der Waals surface area contributed by atoms with Gasteiger partial charge in [0.1, 0.15) is 0 Å². The average molecular weight is 316 g/mol. The van der Waals surface area contributed by atoms with Crippen molar-refractivity contribution in [1.29, 1.82) is 0 Å². The molecular weight excluding hydrogens is 305 g/mol. The fraction of sp³-hybridized carbons (Fsp3) is 0.0588. The summed E-state index contributed by atoms with van der Waals surface area (Å²) in [6, 6.07) is 14.2. The second kappa shape index (κ2) is 5.72. The van der Waals surface area contributed by atoms with E-state index in [2.05, 4.69) is 10.3 Å². The zero-order valence-electron chi connectivity index (χ0n) is 11.8. The van der Waals surface area contributed by atoms with Crippen LogP contribution in [0.4, 0.5) is 18.9 Å². The van der Waals surface area contributed by atoms with E-state index in [-0.39, 0.29) is 10.9 Å². The predicted octanol–water partition coefficient (Wildman–Crippen LogP) is 4.51. The summed E-state index contributed by atoms with van der Waals surface area (Å²) >= 11 is 0. The quantitative estimate of drug-likeness (QED) is 0.756. The van der Waals surface area contributed by atoms with Crippen LogP contribution in [0.25, 0.3) is 10.9 Å². The molecular formula is C17H11F3N2O. The highest BCUT2D eigenvalue weighted by Gasteiger charge is 2.37. The van der Waals surface area contributed by atoms with Gasteiger partial charge in [-0.3, -0.25) is 9.78 Å². The van der Waals surface area contributed by atoms with Gasteiger partial charge >= 0.3 is 6.18 Å². The largest absolute Gasteiger partial charge is 0.417 e. The first-order valence-electron chi connectivity index (χ1n) is 6.78. The van der Waals surface area contributed by atoms with E-state index < -0.39 is 23.2 Å². The lowest BCUT2D eigenvalue weighted by molar-refractivity contribution is -0.136. The third-order valence-electron chi connectivity index (χ3n) is 3.34. The molecule has 1 amide bonds. The van der Waals surface area contributed by atoms with Crippen molar-refractivity contribution in [2.45, 2.75) is 6.18 Å². The Balaban J connectivity index is 2.12. The van der Waals surface area contributed by atoms with E-state index in [1.165, 1.54) is 18.2 Å². The SMILES string of the molecule is O=C(Nc1ccccc1)c1cnc2ccccc2c1C(F)(F)F. The highest BCUT2D eigenvalue weighted by molar-refractivity contribution is 6.07. The number of para-hydroxylation sites is 2. The number of hydrogen-bond donors (Lipinski definition) is 1. The lowest BCUT2D eigenvalue weighted by atomic mass is 10.0. The summed E-state index contributed by atoms with van der Waals surface area (Å²) in [4.78, 5) is 16.2. The van der Waals surface area contributed by atoms with Gasteiger partial charge < -0.3 is 5.32 Å². The summed E-state index contributed by atoms with van der Waals surface area (Å²) in [6.45, 7) is 0. The van der Waals surface area contributed by atoms with Gasteiger partial charge in [-0.2, -0.15) is 13.2 Å². The number of amides is 1. The molecule has 6 heteroatoms. The molecule has 1 aromatic heterocycles. The van der Waals surface area contributed by atoms with Crippen LogP contribution < -0.4 is 5.32 Å². The molecule has 1 heterocycles. The monoisotopic (exact) mass is 316 g/mol. The number of nitrogens with zero attached hydrogens (tertiary/aromatic N) is 1. The van der Waals surface area contributed by atoms with Crippen molar-refractivity contribution in [3.63, 3.8) is 0 Å². The zero-order chi connectivity index (χ0) is 16.4. The molecule has 0 fully saturated rings. The first kappa shape index (κ1) is 15.0. The van der Waals surface area contributed by atoms with Crippen LogP contribution in [0.2, 0.25) is 0 Å². The summed E-state index contributed by atoms with van der Waals surface area (Å²) in [6.07, 6.45) is -3.70. The van der Waals surface area contributed by atoms with E-state index in [1.54, 1.807) is 36.4 Å². The first-order chi connectivity index (χ1) is 11.0. The van der Waals surface area contributed by atoms with Gasteiger partial charge in [0, 0.05) is 17.3 Å². The molecule has 0 aliphatic rings. The van der Waals surface area contributed by atoms with Gasteiger partial charge in [-0.05, 0) is 18.2 Å². The van der Waals surface area contributed by atoms with Crippen LogP contribution in [0, 0.1) is 0 Å². The van der Waals surface area contributed by atoms with Crippen molar-refractivity contribution in [3.8, 4) is 0 Å².